The number of hydrogen-bond donors (Lipinski definition) is 2. The highest BCUT2D eigenvalue weighted by molar-refractivity contribution is 7.14. The highest BCUT2D eigenvalue weighted by atomic mass is 32.1. The molecule has 0 fully saturated rings. The van der Waals surface area contributed by atoms with Crippen molar-refractivity contribution in [2.45, 2.75) is 25.2 Å². The van der Waals surface area contributed by atoms with Crippen LogP contribution in [0.25, 0.3) is 11.4 Å². The minimum Gasteiger partial charge on any atom is -0.497 e. The second-order valence-corrected chi connectivity index (χ2v) is 11.8. The molecule has 0 saturated heterocycles. The van der Waals surface area contributed by atoms with E-state index in [-0.39, 0.29) is 29.3 Å². The van der Waals surface area contributed by atoms with Gasteiger partial charge >= 0.3 is 0 Å². The zero-order valence-electron chi connectivity index (χ0n) is 23.1. The molecule has 42 heavy (non-hydrogen) atoms. The Hall–Kier alpha value is -4.82. The van der Waals surface area contributed by atoms with E-state index in [2.05, 4.69) is 76.1 Å². The predicted octanol–water partition coefficient (Wildman–Crippen LogP) is 7.09. The second-order valence-electron chi connectivity index (χ2n) is 10.9. The van der Waals surface area contributed by atoms with E-state index in [9.17, 15) is 9.59 Å². The summed E-state index contributed by atoms with van der Waals surface area (Å²) in [4.78, 5) is 36.1. The Bertz CT molecular complexity index is 1790. The summed E-state index contributed by atoms with van der Waals surface area (Å²) in [6, 6.07) is 29.4. The number of pyridine rings is 1. The Labute approximate surface area is 247 Å². The van der Waals surface area contributed by atoms with Gasteiger partial charge in [0.25, 0.3) is 5.91 Å². The molecule has 1 unspecified atom stereocenters. The minimum absolute atomic E-state index is 0.0307. The van der Waals surface area contributed by atoms with Crippen molar-refractivity contribution < 1.29 is 14.3 Å². The summed E-state index contributed by atoms with van der Waals surface area (Å²) in [6.45, 7) is 2.08. The summed E-state index contributed by atoms with van der Waals surface area (Å²) in [6.07, 6.45) is 0.739. The number of benzene rings is 3. The highest BCUT2D eigenvalue weighted by Gasteiger charge is 2.54. The number of ether oxygens (including phenoxy) is 1. The number of thiazole rings is 1. The number of hydrogen-bond acceptors (Lipinski definition) is 6. The van der Waals surface area contributed by atoms with E-state index in [4.69, 9.17) is 4.74 Å². The van der Waals surface area contributed by atoms with Crippen LogP contribution in [0.2, 0.25) is 0 Å². The fourth-order valence-electron chi connectivity index (χ4n) is 6.45. The summed E-state index contributed by atoms with van der Waals surface area (Å²) in [7, 11) is 1.59. The molecule has 0 radical (unpaired) electrons. The van der Waals surface area contributed by atoms with Crippen LogP contribution in [0.15, 0.2) is 96.4 Å². The molecular formula is C34H28N4O3S. The fraction of sp³-hybridized carbons (Fsp3) is 0.176. The van der Waals surface area contributed by atoms with E-state index >= 15 is 0 Å². The normalized spacial score (nSPS) is 19.9. The lowest BCUT2D eigenvalue weighted by Gasteiger charge is -2.50. The van der Waals surface area contributed by atoms with Gasteiger partial charge in [-0.2, -0.15) is 0 Å². The van der Waals surface area contributed by atoms with Crippen LogP contribution in [-0.2, 0) is 4.79 Å². The van der Waals surface area contributed by atoms with Gasteiger partial charge in [0, 0.05) is 22.9 Å². The molecule has 8 rings (SSSR count). The molecule has 2 N–H and O–H groups in total. The van der Waals surface area contributed by atoms with Gasteiger partial charge in [-0.3, -0.25) is 9.59 Å². The van der Waals surface area contributed by atoms with Gasteiger partial charge in [0.1, 0.15) is 17.1 Å². The van der Waals surface area contributed by atoms with Crippen molar-refractivity contribution in [1.82, 2.24) is 9.97 Å². The van der Waals surface area contributed by atoms with Crippen molar-refractivity contribution in [1.29, 1.82) is 0 Å². The number of methoxy groups -OCH3 is 1. The molecule has 8 heteroatoms. The number of rotatable bonds is 6. The van der Waals surface area contributed by atoms with Crippen LogP contribution in [-0.4, -0.2) is 28.9 Å². The molecule has 3 aliphatic rings. The minimum atomic E-state index is -0.628. The highest BCUT2D eigenvalue weighted by Crippen LogP contribution is 2.61. The monoisotopic (exact) mass is 572 g/mol. The van der Waals surface area contributed by atoms with Crippen molar-refractivity contribution in [2.24, 2.45) is 5.41 Å². The van der Waals surface area contributed by atoms with Crippen LogP contribution in [0.5, 0.6) is 5.75 Å². The first-order chi connectivity index (χ1) is 20.4. The van der Waals surface area contributed by atoms with Gasteiger partial charge in [0.15, 0.2) is 5.13 Å². The zero-order chi connectivity index (χ0) is 28.8. The van der Waals surface area contributed by atoms with E-state index in [1.54, 1.807) is 49.6 Å². The molecule has 7 nitrogen and oxygen atoms in total. The lowest BCUT2D eigenvalue weighted by atomic mass is 9.52. The molecular weight excluding hydrogens is 544 g/mol. The molecule has 5 aromatic rings. The number of nitrogens with one attached hydrogen (secondary N) is 2. The molecule has 0 spiro atoms. The smallest absolute Gasteiger partial charge is 0.274 e. The maximum absolute atomic E-state index is 14.0. The van der Waals surface area contributed by atoms with Gasteiger partial charge in [0.2, 0.25) is 5.91 Å². The Kier molecular flexibility index (Phi) is 6.35. The lowest BCUT2D eigenvalue weighted by molar-refractivity contribution is -0.126. The van der Waals surface area contributed by atoms with E-state index in [0.29, 0.717) is 28.0 Å². The predicted molar refractivity (Wildman–Crippen MR) is 164 cm³/mol. The molecule has 2 aromatic heterocycles. The van der Waals surface area contributed by atoms with Crippen LogP contribution < -0.4 is 15.4 Å². The first kappa shape index (κ1) is 26.1. The number of fused-ring (bicyclic) bond motifs is 1. The van der Waals surface area contributed by atoms with Crippen LogP contribution in [0.3, 0.4) is 0 Å². The molecule has 0 saturated carbocycles. The summed E-state index contributed by atoms with van der Waals surface area (Å²) in [5, 5.41) is 8.33. The molecule has 0 aliphatic heterocycles. The number of amides is 2. The quantitative estimate of drug-likeness (QED) is 0.227. The van der Waals surface area contributed by atoms with Gasteiger partial charge in [0.05, 0.1) is 18.2 Å². The molecule has 3 aliphatic carbocycles. The third kappa shape index (κ3) is 4.35. The topological polar surface area (TPSA) is 93.2 Å². The Morgan fingerprint density at radius 2 is 1.48 bits per heavy atom. The number of aromatic nitrogens is 2. The van der Waals surface area contributed by atoms with E-state index in [1.165, 1.54) is 33.6 Å². The van der Waals surface area contributed by atoms with Crippen LogP contribution in [0.1, 0.15) is 57.9 Å². The van der Waals surface area contributed by atoms with Crippen LogP contribution in [0.4, 0.5) is 10.8 Å². The third-order valence-electron chi connectivity index (χ3n) is 8.47. The summed E-state index contributed by atoms with van der Waals surface area (Å²) < 4.78 is 5.17. The van der Waals surface area contributed by atoms with Crippen LogP contribution >= 0.6 is 11.3 Å². The van der Waals surface area contributed by atoms with Crippen molar-refractivity contribution in [3.8, 4) is 17.1 Å². The van der Waals surface area contributed by atoms with Crippen molar-refractivity contribution in [3.05, 3.63) is 124 Å². The first-order valence-electron chi connectivity index (χ1n) is 13.8. The zero-order valence-corrected chi connectivity index (χ0v) is 23.9. The number of anilines is 2. The van der Waals surface area contributed by atoms with Gasteiger partial charge in [-0.15, -0.1) is 11.3 Å². The van der Waals surface area contributed by atoms with E-state index < -0.39 is 5.41 Å². The molecule has 2 amide bonds. The van der Waals surface area contributed by atoms with Gasteiger partial charge in [-0.25, -0.2) is 9.97 Å². The molecule has 2 heterocycles. The Morgan fingerprint density at radius 3 is 2.14 bits per heavy atom. The average molecular weight is 573 g/mol. The van der Waals surface area contributed by atoms with E-state index in [0.717, 1.165) is 6.42 Å². The molecule has 2 bridgehead atoms. The lowest BCUT2D eigenvalue weighted by Crippen LogP contribution is -2.47. The van der Waals surface area contributed by atoms with Gasteiger partial charge in [-0.05, 0) is 72.0 Å². The number of nitrogens with zero attached hydrogens (tertiary/aromatic N) is 2. The summed E-state index contributed by atoms with van der Waals surface area (Å²) in [5.74, 6) is 0.492. The third-order valence-corrected chi connectivity index (χ3v) is 9.22. The van der Waals surface area contributed by atoms with Gasteiger partial charge in [-0.1, -0.05) is 54.6 Å². The first-order valence-corrected chi connectivity index (χ1v) is 14.7. The Balaban J connectivity index is 1.11. The summed E-state index contributed by atoms with van der Waals surface area (Å²) >= 11 is 1.35. The average Bonchev–Trinajstić information content (AvgIpc) is 3.50. The molecule has 3 aromatic carbocycles. The maximum atomic E-state index is 14.0. The number of carbonyl (C=O) groups excluding carboxylic acids is 2. The van der Waals surface area contributed by atoms with Crippen molar-refractivity contribution in [3.63, 3.8) is 0 Å². The van der Waals surface area contributed by atoms with E-state index in [1.807, 2.05) is 5.38 Å². The SMILES string of the molecule is COc1ccc(NC(=O)c2cccc(-c3csc(NC(=O)C4(C)CC5c6ccccc6C4c4ccccc45)n3)n2)cc1. The fourth-order valence-corrected chi connectivity index (χ4v) is 7.15. The maximum Gasteiger partial charge on any atom is 0.274 e. The standard InChI is InChI=1S/C34H28N4O3S/c1-34(18-26-22-8-3-5-10-24(22)30(34)25-11-6-4-9-23(25)26)32(40)38-33-37-29(19-42-33)27-12-7-13-28(36-27)31(39)35-20-14-16-21(41-2)17-15-20/h3-17,19,26,30H,18H2,1-2H3,(H,35,39)(H,37,38,40). The van der Waals surface area contributed by atoms with Crippen molar-refractivity contribution in [2.75, 3.05) is 17.7 Å². The van der Waals surface area contributed by atoms with Crippen LogP contribution in [0, 0.1) is 5.41 Å². The largest absolute Gasteiger partial charge is 0.497 e. The van der Waals surface area contributed by atoms with Crippen molar-refractivity contribution >= 4 is 34.0 Å². The molecule has 1 atom stereocenters. The number of carbonyl (C=O) groups is 2. The Morgan fingerprint density at radius 1 is 0.810 bits per heavy atom. The second kappa shape index (κ2) is 10.2. The van der Waals surface area contributed by atoms with Gasteiger partial charge < -0.3 is 15.4 Å². The molecule has 208 valence electrons. The summed E-state index contributed by atoms with van der Waals surface area (Å²) in [5.41, 5.74) is 6.55.